The van der Waals surface area contributed by atoms with Crippen molar-refractivity contribution in [3.63, 3.8) is 0 Å². The fourth-order valence-electron chi connectivity index (χ4n) is 2.91. The van der Waals surface area contributed by atoms with E-state index < -0.39 is 17.8 Å². The van der Waals surface area contributed by atoms with Gasteiger partial charge in [0.05, 0.1) is 5.56 Å². The molecular weight excluding hydrogens is 407 g/mol. The van der Waals surface area contributed by atoms with Crippen molar-refractivity contribution >= 4 is 12.0 Å². The number of alkyl halides is 3. The molecule has 0 bridgehead atoms. The number of halogens is 3. The average Bonchev–Trinajstić information content (AvgIpc) is 3.25. The standard InChI is InChI=1S/C23H22F3N3O2/c1-3-15(2)20(27-19(30)14-9-16-7-5-4-6-8-16)22-28-21(29-31-22)17-10-12-18(13-11-17)23(24,25)26/h4-15,20H,3H2,1-2H3,(H,27,30)/b14-9+. The monoisotopic (exact) mass is 429 g/mol. The number of benzene rings is 2. The van der Waals surface area contributed by atoms with Gasteiger partial charge in [0.25, 0.3) is 0 Å². The van der Waals surface area contributed by atoms with Crippen LogP contribution in [0.15, 0.2) is 65.2 Å². The van der Waals surface area contributed by atoms with Crippen LogP contribution in [0.5, 0.6) is 0 Å². The highest BCUT2D eigenvalue weighted by atomic mass is 19.4. The van der Waals surface area contributed by atoms with Crippen LogP contribution < -0.4 is 5.32 Å². The van der Waals surface area contributed by atoms with Gasteiger partial charge >= 0.3 is 6.18 Å². The summed E-state index contributed by atoms with van der Waals surface area (Å²) in [6.45, 7) is 3.91. The molecule has 2 unspecified atom stereocenters. The molecule has 3 aromatic rings. The van der Waals surface area contributed by atoms with Crippen molar-refractivity contribution in [2.45, 2.75) is 32.5 Å². The SMILES string of the molecule is CCC(C)C(NC(=O)/C=C/c1ccccc1)c1nc(-c2ccc(C(F)(F)F)cc2)no1. The molecule has 0 saturated carbocycles. The fourth-order valence-corrected chi connectivity index (χ4v) is 2.91. The molecule has 0 aliphatic rings. The summed E-state index contributed by atoms with van der Waals surface area (Å²) < 4.78 is 43.6. The van der Waals surface area contributed by atoms with Crippen molar-refractivity contribution < 1.29 is 22.5 Å². The number of nitrogens with one attached hydrogen (secondary N) is 1. The Morgan fingerprint density at radius 1 is 1.13 bits per heavy atom. The molecule has 1 N–H and O–H groups in total. The lowest BCUT2D eigenvalue weighted by Crippen LogP contribution is -2.31. The normalized spacial score (nSPS) is 13.8. The second-order valence-electron chi connectivity index (χ2n) is 7.15. The van der Waals surface area contributed by atoms with Gasteiger partial charge in [-0.2, -0.15) is 18.2 Å². The molecule has 8 heteroatoms. The lowest BCUT2D eigenvalue weighted by molar-refractivity contribution is -0.137. The first-order chi connectivity index (χ1) is 14.8. The van der Waals surface area contributed by atoms with Gasteiger partial charge in [-0.15, -0.1) is 0 Å². The van der Waals surface area contributed by atoms with E-state index >= 15 is 0 Å². The maximum atomic E-state index is 12.8. The summed E-state index contributed by atoms with van der Waals surface area (Å²) in [5, 5.41) is 6.76. The van der Waals surface area contributed by atoms with E-state index in [0.29, 0.717) is 5.56 Å². The van der Waals surface area contributed by atoms with Crippen LogP contribution in [-0.2, 0) is 11.0 Å². The molecule has 1 aromatic heterocycles. The quantitative estimate of drug-likeness (QED) is 0.491. The van der Waals surface area contributed by atoms with E-state index in [1.807, 2.05) is 44.2 Å². The Kier molecular flexibility index (Phi) is 6.89. The summed E-state index contributed by atoms with van der Waals surface area (Å²) in [6, 6.07) is 13.4. The maximum Gasteiger partial charge on any atom is 0.416 e. The Morgan fingerprint density at radius 2 is 1.81 bits per heavy atom. The molecule has 162 valence electrons. The highest BCUT2D eigenvalue weighted by Gasteiger charge is 2.30. The number of hydrogen-bond acceptors (Lipinski definition) is 4. The van der Waals surface area contributed by atoms with Crippen LogP contribution in [0.1, 0.15) is 43.3 Å². The number of carbonyl (C=O) groups is 1. The molecule has 3 rings (SSSR count). The first-order valence-corrected chi connectivity index (χ1v) is 9.82. The summed E-state index contributed by atoms with van der Waals surface area (Å²) >= 11 is 0. The second-order valence-corrected chi connectivity index (χ2v) is 7.15. The zero-order chi connectivity index (χ0) is 22.4. The molecular formula is C23H22F3N3O2. The fraction of sp³-hybridized carbons (Fsp3) is 0.261. The number of carbonyl (C=O) groups excluding carboxylic acids is 1. The van der Waals surface area contributed by atoms with Gasteiger partial charge < -0.3 is 9.84 Å². The number of hydrogen-bond donors (Lipinski definition) is 1. The largest absolute Gasteiger partial charge is 0.416 e. The van der Waals surface area contributed by atoms with Crippen LogP contribution in [0, 0.1) is 5.92 Å². The third-order valence-corrected chi connectivity index (χ3v) is 4.92. The van der Waals surface area contributed by atoms with E-state index in [1.165, 1.54) is 18.2 Å². The van der Waals surface area contributed by atoms with Crippen molar-refractivity contribution in [3.8, 4) is 11.4 Å². The minimum atomic E-state index is -4.42. The number of amides is 1. The van der Waals surface area contributed by atoms with Crippen LogP contribution in [0.2, 0.25) is 0 Å². The molecule has 0 fully saturated rings. The minimum absolute atomic E-state index is 0.00465. The lowest BCUT2D eigenvalue weighted by Gasteiger charge is -2.19. The Morgan fingerprint density at radius 3 is 2.42 bits per heavy atom. The Hall–Kier alpha value is -3.42. The molecule has 1 heterocycles. The van der Waals surface area contributed by atoms with E-state index in [-0.39, 0.29) is 23.5 Å². The zero-order valence-electron chi connectivity index (χ0n) is 17.1. The number of aromatic nitrogens is 2. The number of nitrogens with zero attached hydrogens (tertiary/aromatic N) is 2. The minimum Gasteiger partial charge on any atom is -0.340 e. The predicted octanol–water partition coefficient (Wildman–Crippen LogP) is 5.67. The van der Waals surface area contributed by atoms with Gasteiger partial charge in [0.2, 0.25) is 17.6 Å². The molecule has 5 nitrogen and oxygen atoms in total. The Labute approximate surface area is 178 Å². The van der Waals surface area contributed by atoms with E-state index in [2.05, 4.69) is 15.5 Å². The number of rotatable bonds is 7. The van der Waals surface area contributed by atoms with Gasteiger partial charge in [-0.3, -0.25) is 4.79 Å². The van der Waals surface area contributed by atoms with Crippen LogP contribution in [0.3, 0.4) is 0 Å². The summed E-state index contributed by atoms with van der Waals surface area (Å²) in [5.74, 6) is 0.0372. The van der Waals surface area contributed by atoms with Crippen molar-refractivity contribution in [1.29, 1.82) is 0 Å². The van der Waals surface area contributed by atoms with Gasteiger partial charge in [-0.05, 0) is 29.7 Å². The third-order valence-electron chi connectivity index (χ3n) is 4.92. The van der Waals surface area contributed by atoms with Gasteiger partial charge in [0.1, 0.15) is 6.04 Å². The first-order valence-electron chi connectivity index (χ1n) is 9.82. The molecule has 31 heavy (non-hydrogen) atoms. The second kappa shape index (κ2) is 9.59. The van der Waals surface area contributed by atoms with Crippen LogP contribution >= 0.6 is 0 Å². The van der Waals surface area contributed by atoms with Crippen molar-refractivity contribution in [2.75, 3.05) is 0 Å². The Bertz CT molecular complexity index is 1030. The summed E-state index contributed by atoms with van der Waals surface area (Å²) in [4.78, 5) is 16.7. The van der Waals surface area contributed by atoms with Crippen LogP contribution in [0.4, 0.5) is 13.2 Å². The highest BCUT2D eigenvalue weighted by molar-refractivity contribution is 5.91. The van der Waals surface area contributed by atoms with Gasteiger partial charge in [0, 0.05) is 11.6 Å². The van der Waals surface area contributed by atoms with E-state index in [0.717, 1.165) is 24.1 Å². The third kappa shape index (κ3) is 5.81. The topological polar surface area (TPSA) is 68.0 Å². The van der Waals surface area contributed by atoms with Crippen molar-refractivity contribution in [2.24, 2.45) is 5.92 Å². The Balaban J connectivity index is 1.76. The molecule has 0 radical (unpaired) electrons. The van der Waals surface area contributed by atoms with Gasteiger partial charge in [0.15, 0.2) is 0 Å². The average molecular weight is 429 g/mol. The van der Waals surface area contributed by atoms with E-state index in [9.17, 15) is 18.0 Å². The molecule has 2 aromatic carbocycles. The molecule has 1 amide bonds. The van der Waals surface area contributed by atoms with Crippen LogP contribution in [-0.4, -0.2) is 16.0 Å². The molecule has 0 spiro atoms. The van der Waals surface area contributed by atoms with Gasteiger partial charge in [-0.1, -0.05) is 67.9 Å². The van der Waals surface area contributed by atoms with Crippen molar-refractivity contribution in [1.82, 2.24) is 15.5 Å². The highest BCUT2D eigenvalue weighted by Crippen LogP contribution is 2.31. The maximum absolute atomic E-state index is 12.8. The smallest absolute Gasteiger partial charge is 0.340 e. The predicted molar refractivity (Wildman–Crippen MR) is 111 cm³/mol. The molecule has 0 aliphatic heterocycles. The first kappa shape index (κ1) is 22.3. The van der Waals surface area contributed by atoms with Gasteiger partial charge in [-0.25, -0.2) is 0 Å². The van der Waals surface area contributed by atoms with E-state index in [4.69, 9.17) is 4.52 Å². The zero-order valence-corrected chi connectivity index (χ0v) is 17.1. The molecule has 2 atom stereocenters. The summed E-state index contributed by atoms with van der Waals surface area (Å²) in [6.07, 6.45) is -0.548. The summed E-state index contributed by atoms with van der Waals surface area (Å²) in [5.41, 5.74) is 0.524. The molecule has 0 saturated heterocycles. The lowest BCUT2D eigenvalue weighted by atomic mass is 9.99. The van der Waals surface area contributed by atoms with Crippen molar-refractivity contribution in [3.05, 3.63) is 77.7 Å². The van der Waals surface area contributed by atoms with E-state index in [1.54, 1.807) is 6.08 Å². The summed E-state index contributed by atoms with van der Waals surface area (Å²) in [7, 11) is 0. The molecule has 0 aliphatic carbocycles. The van der Waals surface area contributed by atoms with Crippen LogP contribution in [0.25, 0.3) is 17.5 Å².